The number of anilines is 1. The molecule has 0 amide bonds. The highest BCUT2D eigenvalue weighted by atomic mass is 32.1. The third kappa shape index (κ3) is 5.71. The van der Waals surface area contributed by atoms with E-state index in [1.54, 1.807) is 11.7 Å². The zero-order chi connectivity index (χ0) is 22.6. The summed E-state index contributed by atoms with van der Waals surface area (Å²) in [5, 5.41) is 0. The van der Waals surface area contributed by atoms with Crippen molar-refractivity contribution in [2.45, 2.75) is 44.6 Å². The Hall–Kier alpha value is -2.93. The van der Waals surface area contributed by atoms with Crippen molar-refractivity contribution in [3.63, 3.8) is 0 Å². The first-order chi connectivity index (χ1) is 16.1. The smallest absolute Gasteiger partial charge is 0.215 e. The lowest BCUT2D eigenvalue weighted by Gasteiger charge is -2.20. The lowest BCUT2D eigenvalue weighted by Crippen LogP contribution is -2.24. The van der Waals surface area contributed by atoms with E-state index in [1.165, 1.54) is 24.2 Å². The number of benzene rings is 1. The maximum absolute atomic E-state index is 12.4. The van der Waals surface area contributed by atoms with Gasteiger partial charge < -0.3 is 14.4 Å². The van der Waals surface area contributed by atoms with Gasteiger partial charge in [0.25, 0.3) is 0 Å². The summed E-state index contributed by atoms with van der Waals surface area (Å²) in [7, 11) is 0. The van der Waals surface area contributed by atoms with E-state index in [4.69, 9.17) is 9.47 Å². The zero-order valence-corrected chi connectivity index (χ0v) is 19.7. The molecule has 7 heteroatoms. The molecule has 2 aromatic heterocycles. The largest absolute Gasteiger partial charge is 0.489 e. The molecule has 33 heavy (non-hydrogen) atoms. The molecule has 2 atom stereocenters. The van der Waals surface area contributed by atoms with Crippen LogP contribution < -0.4 is 14.4 Å². The van der Waals surface area contributed by atoms with Crippen LogP contribution in [0.15, 0.2) is 54.3 Å². The van der Waals surface area contributed by atoms with Crippen LogP contribution in [0, 0.1) is 5.92 Å². The number of ether oxygens (including phenoxy) is 2. The summed E-state index contributed by atoms with van der Waals surface area (Å²) in [6.07, 6.45) is 7.62. The number of hydrogen-bond acceptors (Lipinski definition) is 7. The topological polar surface area (TPSA) is 64.5 Å². The minimum absolute atomic E-state index is 0.144. The van der Waals surface area contributed by atoms with Gasteiger partial charge in [-0.25, -0.2) is 4.98 Å². The molecule has 0 N–H and O–H groups in total. The number of carbonyl (C=O) groups is 1. The van der Waals surface area contributed by atoms with Crippen molar-refractivity contribution in [1.29, 1.82) is 0 Å². The van der Waals surface area contributed by atoms with E-state index in [9.17, 15) is 4.79 Å². The molecule has 1 saturated heterocycles. The highest BCUT2D eigenvalue weighted by Crippen LogP contribution is 2.31. The van der Waals surface area contributed by atoms with Crippen molar-refractivity contribution in [2.75, 3.05) is 24.6 Å². The van der Waals surface area contributed by atoms with Crippen molar-refractivity contribution >= 4 is 22.8 Å². The van der Waals surface area contributed by atoms with E-state index in [1.807, 2.05) is 30.5 Å². The number of aromatic nitrogens is 2. The van der Waals surface area contributed by atoms with Crippen LogP contribution in [-0.2, 0) is 0 Å². The third-order valence-corrected chi connectivity index (χ3v) is 7.16. The van der Waals surface area contributed by atoms with Crippen LogP contribution in [0.3, 0.4) is 0 Å². The first-order valence-corrected chi connectivity index (χ1v) is 12.5. The SMILES string of the molecule is C[C@H](CC(=O)c1cncs1)c1ccc(O[C@@H]2CCN(c3ccnc(OCC4CC4)c3)C2)cc1. The van der Waals surface area contributed by atoms with E-state index in [2.05, 4.69) is 33.9 Å². The Bertz CT molecular complexity index is 1070. The molecule has 0 spiro atoms. The predicted octanol–water partition coefficient (Wildman–Crippen LogP) is 5.36. The molecule has 0 unspecified atom stereocenters. The predicted molar refractivity (Wildman–Crippen MR) is 130 cm³/mol. The standard InChI is InChI=1S/C26H29N3O3S/c1-18(12-24(30)25-14-27-17-33-25)20-4-6-22(7-5-20)32-23-9-11-29(15-23)21-8-10-28-26(13-21)31-16-19-2-3-19/h4-8,10,13-14,17-19,23H,2-3,9,11-12,15-16H2,1H3/t18-,23-/m1/s1. The number of pyridine rings is 1. The number of carbonyl (C=O) groups excluding carboxylic acids is 1. The number of ketones is 1. The fourth-order valence-corrected chi connectivity index (χ4v) is 4.71. The summed E-state index contributed by atoms with van der Waals surface area (Å²) in [4.78, 5) is 23.8. The van der Waals surface area contributed by atoms with Crippen molar-refractivity contribution < 1.29 is 14.3 Å². The quantitative estimate of drug-likeness (QED) is 0.377. The first-order valence-electron chi connectivity index (χ1n) is 11.7. The maximum atomic E-state index is 12.4. The van der Waals surface area contributed by atoms with Gasteiger partial charge in [-0.2, -0.15) is 0 Å². The molecular weight excluding hydrogens is 434 g/mol. The summed E-state index contributed by atoms with van der Waals surface area (Å²) in [5.41, 5.74) is 3.98. The molecule has 5 rings (SSSR count). The Balaban J connectivity index is 1.13. The molecule has 172 valence electrons. The number of Topliss-reactive ketones (excluding diaryl/α,β-unsaturated/α-hetero) is 1. The minimum atomic E-state index is 0.144. The number of hydrogen-bond donors (Lipinski definition) is 0. The lowest BCUT2D eigenvalue weighted by atomic mass is 9.95. The van der Waals surface area contributed by atoms with E-state index < -0.39 is 0 Å². The third-order valence-electron chi connectivity index (χ3n) is 6.34. The normalized spacial score (nSPS) is 18.8. The van der Waals surface area contributed by atoms with Gasteiger partial charge in [0, 0.05) is 43.5 Å². The highest BCUT2D eigenvalue weighted by Gasteiger charge is 2.26. The van der Waals surface area contributed by atoms with E-state index >= 15 is 0 Å². The second-order valence-corrected chi connectivity index (χ2v) is 9.93. The van der Waals surface area contributed by atoms with Crippen molar-refractivity contribution in [3.05, 3.63) is 64.7 Å². The van der Waals surface area contributed by atoms with E-state index in [-0.39, 0.29) is 17.8 Å². The van der Waals surface area contributed by atoms with Gasteiger partial charge in [-0.1, -0.05) is 19.1 Å². The first kappa shape index (κ1) is 21.9. The van der Waals surface area contributed by atoms with Crippen molar-refractivity contribution in [2.24, 2.45) is 5.92 Å². The van der Waals surface area contributed by atoms with E-state index in [0.717, 1.165) is 48.0 Å². The molecule has 0 bridgehead atoms. The van der Waals surface area contributed by atoms with Crippen molar-refractivity contribution in [3.8, 4) is 11.6 Å². The van der Waals surface area contributed by atoms with Crippen LogP contribution in [0.25, 0.3) is 0 Å². The summed E-state index contributed by atoms with van der Waals surface area (Å²) >= 11 is 1.40. The average molecular weight is 464 g/mol. The van der Waals surface area contributed by atoms with Gasteiger partial charge in [0.15, 0.2) is 5.78 Å². The van der Waals surface area contributed by atoms with Gasteiger partial charge in [-0.15, -0.1) is 11.3 Å². The molecule has 1 saturated carbocycles. The van der Waals surface area contributed by atoms with Crippen LogP contribution >= 0.6 is 11.3 Å². The Morgan fingerprint density at radius 3 is 2.82 bits per heavy atom. The molecule has 3 aromatic rings. The summed E-state index contributed by atoms with van der Waals surface area (Å²) in [5.74, 6) is 2.59. The van der Waals surface area contributed by atoms with Crippen molar-refractivity contribution in [1.82, 2.24) is 9.97 Å². The van der Waals surface area contributed by atoms with E-state index in [0.29, 0.717) is 18.2 Å². The van der Waals surface area contributed by atoms with Gasteiger partial charge in [0.05, 0.1) is 23.5 Å². The monoisotopic (exact) mass is 463 g/mol. The van der Waals surface area contributed by atoms with Crippen LogP contribution in [0.1, 0.15) is 53.8 Å². The Kier molecular flexibility index (Phi) is 6.58. The molecule has 3 heterocycles. The van der Waals surface area contributed by atoms with Crippen LogP contribution in [-0.4, -0.2) is 41.6 Å². The van der Waals surface area contributed by atoms with Gasteiger partial charge >= 0.3 is 0 Å². The molecule has 1 aliphatic heterocycles. The number of nitrogens with zero attached hydrogens (tertiary/aromatic N) is 3. The Labute approximate surface area is 198 Å². The zero-order valence-electron chi connectivity index (χ0n) is 18.9. The van der Waals surface area contributed by atoms with Crippen LogP contribution in [0.5, 0.6) is 11.6 Å². The summed E-state index contributed by atoms with van der Waals surface area (Å²) in [6.45, 7) is 4.65. The van der Waals surface area contributed by atoms with Crippen LogP contribution in [0.2, 0.25) is 0 Å². The van der Waals surface area contributed by atoms with Gasteiger partial charge in [0.2, 0.25) is 5.88 Å². The average Bonchev–Trinajstić information content (AvgIpc) is 3.29. The Morgan fingerprint density at radius 1 is 1.21 bits per heavy atom. The second-order valence-electron chi connectivity index (χ2n) is 9.04. The Morgan fingerprint density at radius 2 is 2.06 bits per heavy atom. The molecular formula is C26H29N3O3S. The maximum Gasteiger partial charge on any atom is 0.215 e. The van der Waals surface area contributed by atoms with Gasteiger partial charge in [-0.05, 0) is 48.4 Å². The molecule has 2 fully saturated rings. The molecule has 6 nitrogen and oxygen atoms in total. The number of thiazole rings is 1. The minimum Gasteiger partial charge on any atom is -0.489 e. The molecule has 1 aliphatic carbocycles. The fourth-order valence-electron chi connectivity index (χ4n) is 4.14. The van der Waals surface area contributed by atoms with Gasteiger partial charge in [0.1, 0.15) is 11.9 Å². The number of rotatable bonds is 10. The van der Waals surface area contributed by atoms with Gasteiger partial charge in [-0.3, -0.25) is 9.78 Å². The molecule has 1 aromatic carbocycles. The summed E-state index contributed by atoms with van der Waals surface area (Å²) < 4.78 is 12.1. The summed E-state index contributed by atoms with van der Waals surface area (Å²) in [6, 6.07) is 12.2. The lowest BCUT2D eigenvalue weighted by molar-refractivity contribution is 0.0979. The highest BCUT2D eigenvalue weighted by molar-refractivity contribution is 7.11. The molecule has 0 radical (unpaired) electrons. The second kappa shape index (κ2) is 9.91. The van der Waals surface area contributed by atoms with Crippen LogP contribution in [0.4, 0.5) is 5.69 Å². The fraction of sp³-hybridized carbons (Fsp3) is 0.423. The molecule has 2 aliphatic rings.